The van der Waals surface area contributed by atoms with Crippen molar-refractivity contribution in [3.05, 3.63) is 12.2 Å². The largest absolute Gasteiger partial charge is 0.360 e. The van der Waals surface area contributed by atoms with Crippen molar-refractivity contribution in [2.75, 3.05) is 0 Å². The molecular weight excluding hydrogens is 136 g/mol. The molecule has 11 heavy (non-hydrogen) atoms. The van der Waals surface area contributed by atoms with E-state index in [9.17, 15) is 0 Å². The SMILES string of the molecule is C1=CC2(CC2)OC12CC2.CC. The third kappa shape index (κ3) is 1.12. The van der Waals surface area contributed by atoms with Crippen LogP contribution in [0.4, 0.5) is 0 Å². The Morgan fingerprint density at radius 2 is 1.27 bits per heavy atom. The Labute approximate surface area is 68.4 Å². The minimum atomic E-state index is 0.260. The van der Waals surface area contributed by atoms with Gasteiger partial charge in [0, 0.05) is 0 Å². The molecule has 1 aliphatic heterocycles. The first-order chi connectivity index (χ1) is 5.33. The first kappa shape index (κ1) is 7.35. The van der Waals surface area contributed by atoms with E-state index in [1.807, 2.05) is 13.8 Å². The zero-order valence-corrected chi connectivity index (χ0v) is 7.39. The highest BCUT2D eigenvalue weighted by Gasteiger charge is 2.57. The second-order valence-corrected chi connectivity index (χ2v) is 3.56. The Balaban J connectivity index is 0.000000224. The molecular formula is C10H16O. The van der Waals surface area contributed by atoms with Gasteiger partial charge >= 0.3 is 0 Å². The van der Waals surface area contributed by atoms with E-state index in [0.29, 0.717) is 0 Å². The van der Waals surface area contributed by atoms with Crippen LogP contribution in [0, 0.1) is 0 Å². The molecule has 0 saturated heterocycles. The molecule has 0 atom stereocenters. The summed E-state index contributed by atoms with van der Waals surface area (Å²) in [5.74, 6) is 0. The predicted octanol–water partition coefficient (Wildman–Crippen LogP) is 2.66. The van der Waals surface area contributed by atoms with Gasteiger partial charge in [0.25, 0.3) is 0 Å². The maximum atomic E-state index is 5.85. The second-order valence-electron chi connectivity index (χ2n) is 3.56. The summed E-state index contributed by atoms with van der Waals surface area (Å²) in [5, 5.41) is 0. The summed E-state index contributed by atoms with van der Waals surface area (Å²) in [4.78, 5) is 0. The van der Waals surface area contributed by atoms with Crippen LogP contribution in [0.2, 0.25) is 0 Å². The van der Waals surface area contributed by atoms with Crippen LogP contribution in [-0.2, 0) is 4.74 Å². The zero-order valence-electron chi connectivity index (χ0n) is 7.39. The van der Waals surface area contributed by atoms with Gasteiger partial charge in [-0.05, 0) is 25.7 Å². The van der Waals surface area contributed by atoms with E-state index < -0.39 is 0 Å². The van der Waals surface area contributed by atoms with Crippen molar-refractivity contribution in [2.24, 2.45) is 0 Å². The average molecular weight is 152 g/mol. The topological polar surface area (TPSA) is 9.23 Å². The monoisotopic (exact) mass is 152 g/mol. The van der Waals surface area contributed by atoms with Gasteiger partial charge in [-0.25, -0.2) is 0 Å². The third-order valence-electron chi connectivity index (χ3n) is 2.58. The highest BCUT2D eigenvalue weighted by Crippen LogP contribution is 2.56. The van der Waals surface area contributed by atoms with Crippen molar-refractivity contribution < 1.29 is 4.74 Å². The molecule has 0 bridgehead atoms. The molecule has 2 fully saturated rings. The lowest BCUT2D eigenvalue weighted by molar-refractivity contribution is 0.0280. The lowest BCUT2D eigenvalue weighted by Gasteiger charge is -2.09. The van der Waals surface area contributed by atoms with E-state index in [4.69, 9.17) is 4.74 Å². The van der Waals surface area contributed by atoms with Gasteiger partial charge in [-0.2, -0.15) is 0 Å². The molecule has 1 heterocycles. The van der Waals surface area contributed by atoms with Crippen molar-refractivity contribution >= 4 is 0 Å². The van der Waals surface area contributed by atoms with Gasteiger partial charge in [0.1, 0.15) is 0 Å². The third-order valence-corrected chi connectivity index (χ3v) is 2.58. The second kappa shape index (κ2) is 2.10. The van der Waals surface area contributed by atoms with Crippen molar-refractivity contribution in [3.63, 3.8) is 0 Å². The molecule has 3 aliphatic rings. The van der Waals surface area contributed by atoms with Crippen molar-refractivity contribution in [1.82, 2.24) is 0 Å². The normalized spacial score (nSPS) is 31.8. The highest BCUT2D eigenvalue weighted by molar-refractivity contribution is 5.28. The maximum absolute atomic E-state index is 5.85. The van der Waals surface area contributed by atoms with E-state index in [2.05, 4.69) is 12.2 Å². The minimum Gasteiger partial charge on any atom is -0.360 e. The minimum absolute atomic E-state index is 0.260. The Kier molecular flexibility index (Phi) is 1.40. The van der Waals surface area contributed by atoms with Gasteiger partial charge in [-0.3, -0.25) is 0 Å². The molecule has 2 aliphatic carbocycles. The Bertz CT molecular complexity index is 165. The number of hydrogen-bond donors (Lipinski definition) is 0. The van der Waals surface area contributed by atoms with Crippen LogP contribution in [0.1, 0.15) is 39.5 Å². The van der Waals surface area contributed by atoms with Crippen molar-refractivity contribution in [2.45, 2.75) is 50.7 Å². The molecule has 0 aromatic carbocycles. The standard InChI is InChI=1S/C8H10O.C2H6/c1-2-7(1)5-6-8(9-7)3-4-8;1-2/h5-6H,1-4H2;1-2H3. The maximum Gasteiger partial charge on any atom is 0.0877 e. The molecule has 2 spiro atoms. The molecule has 1 nitrogen and oxygen atoms in total. The number of ether oxygens (including phenoxy) is 1. The molecule has 0 aromatic heterocycles. The van der Waals surface area contributed by atoms with E-state index >= 15 is 0 Å². The van der Waals surface area contributed by atoms with E-state index in [-0.39, 0.29) is 11.2 Å². The molecule has 1 heteroatoms. The first-order valence-corrected chi connectivity index (χ1v) is 4.73. The van der Waals surface area contributed by atoms with Crippen LogP contribution in [0.25, 0.3) is 0 Å². The van der Waals surface area contributed by atoms with Crippen LogP contribution in [-0.4, -0.2) is 11.2 Å². The first-order valence-electron chi connectivity index (χ1n) is 4.73. The summed E-state index contributed by atoms with van der Waals surface area (Å²) >= 11 is 0. The highest BCUT2D eigenvalue weighted by atomic mass is 16.5. The lowest BCUT2D eigenvalue weighted by atomic mass is 10.3. The molecule has 0 aromatic rings. The van der Waals surface area contributed by atoms with Gasteiger partial charge in [-0.15, -0.1) is 0 Å². The van der Waals surface area contributed by atoms with Gasteiger partial charge in [0.05, 0.1) is 11.2 Å². The molecule has 0 N–H and O–H groups in total. The molecule has 62 valence electrons. The smallest absolute Gasteiger partial charge is 0.0877 e. The van der Waals surface area contributed by atoms with Gasteiger partial charge in [0.15, 0.2) is 0 Å². The fourth-order valence-corrected chi connectivity index (χ4v) is 1.56. The summed E-state index contributed by atoms with van der Waals surface area (Å²) in [6.07, 6.45) is 9.63. The Hall–Kier alpha value is -0.300. The fraction of sp³-hybridized carbons (Fsp3) is 0.800. The van der Waals surface area contributed by atoms with E-state index in [0.717, 1.165) is 0 Å². The molecule has 0 radical (unpaired) electrons. The summed E-state index contributed by atoms with van der Waals surface area (Å²) in [6.45, 7) is 4.00. The summed E-state index contributed by atoms with van der Waals surface area (Å²) < 4.78 is 5.85. The quantitative estimate of drug-likeness (QED) is 0.485. The Morgan fingerprint density at radius 3 is 1.45 bits per heavy atom. The van der Waals surface area contributed by atoms with E-state index in [1.54, 1.807) is 0 Å². The molecule has 0 unspecified atom stereocenters. The molecule has 2 saturated carbocycles. The average Bonchev–Trinajstić information content (AvgIpc) is 2.87. The predicted molar refractivity (Wildman–Crippen MR) is 45.5 cm³/mol. The van der Waals surface area contributed by atoms with E-state index in [1.165, 1.54) is 25.7 Å². The van der Waals surface area contributed by atoms with Gasteiger partial charge in [0.2, 0.25) is 0 Å². The van der Waals surface area contributed by atoms with Gasteiger partial charge < -0.3 is 4.74 Å². The van der Waals surface area contributed by atoms with Crippen LogP contribution in [0.5, 0.6) is 0 Å². The van der Waals surface area contributed by atoms with Crippen LogP contribution >= 0.6 is 0 Å². The van der Waals surface area contributed by atoms with Crippen LogP contribution < -0.4 is 0 Å². The number of rotatable bonds is 0. The summed E-state index contributed by atoms with van der Waals surface area (Å²) in [5.41, 5.74) is 0.521. The Morgan fingerprint density at radius 1 is 0.909 bits per heavy atom. The van der Waals surface area contributed by atoms with Crippen molar-refractivity contribution in [3.8, 4) is 0 Å². The molecule has 3 rings (SSSR count). The fourth-order valence-electron chi connectivity index (χ4n) is 1.56. The zero-order chi connectivity index (χ0) is 7.95. The van der Waals surface area contributed by atoms with Gasteiger partial charge in [-0.1, -0.05) is 26.0 Å². The summed E-state index contributed by atoms with van der Waals surface area (Å²) in [7, 11) is 0. The lowest BCUT2D eigenvalue weighted by Crippen LogP contribution is -2.12. The summed E-state index contributed by atoms with van der Waals surface area (Å²) in [6, 6.07) is 0. The number of hydrogen-bond acceptors (Lipinski definition) is 1. The van der Waals surface area contributed by atoms with Crippen molar-refractivity contribution in [1.29, 1.82) is 0 Å². The van der Waals surface area contributed by atoms with Crippen LogP contribution in [0.15, 0.2) is 12.2 Å². The molecule has 0 amide bonds. The van der Waals surface area contributed by atoms with Crippen LogP contribution in [0.3, 0.4) is 0 Å².